The fourth-order valence-electron chi connectivity index (χ4n) is 1.81. The van der Waals surface area contributed by atoms with E-state index in [0.717, 1.165) is 18.6 Å². The van der Waals surface area contributed by atoms with Crippen LogP contribution in [0.1, 0.15) is 30.8 Å². The SMILES string of the molecule is CC(C)CCNC(=O)c1ccc(Nc2ccc(F)cc2F)nn1. The Kier molecular flexibility index (Phi) is 5.56. The Morgan fingerprint density at radius 3 is 2.57 bits per heavy atom. The molecule has 1 heterocycles. The first kappa shape index (κ1) is 16.8. The fourth-order valence-corrected chi connectivity index (χ4v) is 1.81. The molecule has 0 aliphatic rings. The number of hydrogen-bond donors (Lipinski definition) is 2. The summed E-state index contributed by atoms with van der Waals surface area (Å²) >= 11 is 0. The molecule has 2 N–H and O–H groups in total. The molecule has 0 fully saturated rings. The van der Waals surface area contributed by atoms with Crippen LogP contribution in [0.4, 0.5) is 20.3 Å². The molecule has 122 valence electrons. The van der Waals surface area contributed by atoms with Crippen molar-refractivity contribution in [3.8, 4) is 0 Å². The van der Waals surface area contributed by atoms with Crippen LogP contribution in [0.3, 0.4) is 0 Å². The lowest BCUT2D eigenvalue weighted by Crippen LogP contribution is -2.26. The molecule has 2 rings (SSSR count). The molecule has 0 atom stereocenters. The second kappa shape index (κ2) is 7.62. The minimum atomic E-state index is -0.734. The van der Waals surface area contributed by atoms with Gasteiger partial charge in [-0.15, -0.1) is 10.2 Å². The molecule has 0 spiro atoms. The first-order chi connectivity index (χ1) is 11.0. The molecule has 2 aromatic rings. The van der Waals surface area contributed by atoms with E-state index in [9.17, 15) is 13.6 Å². The summed E-state index contributed by atoms with van der Waals surface area (Å²) in [4.78, 5) is 11.9. The van der Waals surface area contributed by atoms with E-state index in [2.05, 4.69) is 34.7 Å². The summed E-state index contributed by atoms with van der Waals surface area (Å²) in [7, 11) is 0. The normalized spacial score (nSPS) is 10.7. The minimum absolute atomic E-state index is 0.0786. The summed E-state index contributed by atoms with van der Waals surface area (Å²) in [5.74, 6) is -0.944. The first-order valence-electron chi connectivity index (χ1n) is 7.29. The van der Waals surface area contributed by atoms with E-state index in [0.29, 0.717) is 12.5 Å². The second-order valence-electron chi connectivity index (χ2n) is 5.49. The van der Waals surface area contributed by atoms with Crippen LogP contribution in [-0.2, 0) is 0 Å². The molecule has 1 aromatic heterocycles. The maximum absolute atomic E-state index is 13.5. The predicted molar refractivity (Wildman–Crippen MR) is 83.5 cm³/mol. The standard InChI is InChI=1S/C16H18F2N4O/c1-10(2)7-8-19-16(23)14-5-6-15(22-21-14)20-13-4-3-11(17)9-12(13)18/h3-6,9-10H,7-8H2,1-2H3,(H,19,23)(H,20,22). The van der Waals surface area contributed by atoms with Gasteiger partial charge in [0.05, 0.1) is 5.69 Å². The van der Waals surface area contributed by atoms with Gasteiger partial charge in [-0.2, -0.15) is 0 Å². The van der Waals surface area contributed by atoms with E-state index in [4.69, 9.17) is 0 Å². The third kappa shape index (κ3) is 4.98. The first-order valence-corrected chi connectivity index (χ1v) is 7.29. The third-order valence-corrected chi connectivity index (χ3v) is 3.10. The van der Waals surface area contributed by atoms with Crippen LogP contribution in [0.2, 0.25) is 0 Å². The smallest absolute Gasteiger partial charge is 0.271 e. The highest BCUT2D eigenvalue weighted by Crippen LogP contribution is 2.18. The van der Waals surface area contributed by atoms with Gasteiger partial charge in [0.25, 0.3) is 5.91 Å². The van der Waals surface area contributed by atoms with Crippen LogP contribution >= 0.6 is 0 Å². The van der Waals surface area contributed by atoms with Crippen molar-refractivity contribution in [2.24, 2.45) is 5.92 Å². The number of halogens is 2. The Morgan fingerprint density at radius 2 is 1.96 bits per heavy atom. The molecular formula is C16H18F2N4O. The zero-order chi connectivity index (χ0) is 16.8. The van der Waals surface area contributed by atoms with Gasteiger partial charge in [-0.05, 0) is 36.6 Å². The average molecular weight is 320 g/mol. The van der Waals surface area contributed by atoms with Crippen molar-refractivity contribution in [2.45, 2.75) is 20.3 Å². The molecule has 0 saturated heterocycles. The quantitative estimate of drug-likeness (QED) is 0.857. The maximum atomic E-state index is 13.5. The number of aromatic nitrogens is 2. The van der Waals surface area contributed by atoms with E-state index >= 15 is 0 Å². The lowest BCUT2D eigenvalue weighted by atomic mass is 10.1. The fraction of sp³-hybridized carbons (Fsp3) is 0.312. The monoisotopic (exact) mass is 320 g/mol. The van der Waals surface area contributed by atoms with Crippen LogP contribution < -0.4 is 10.6 Å². The maximum Gasteiger partial charge on any atom is 0.271 e. The van der Waals surface area contributed by atoms with E-state index in [1.807, 2.05) is 0 Å². The van der Waals surface area contributed by atoms with Gasteiger partial charge in [-0.3, -0.25) is 4.79 Å². The average Bonchev–Trinajstić information content (AvgIpc) is 2.50. The van der Waals surface area contributed by atoms with Crippen LogP contribution in [0.25, 0.3) is 0 Å². The summed E-state index contributed by atoms with van der Waals surface area (Å²) < 4.78 is 26.4. The highest BCUT2D eigenvalue weighted by molar-refractivity contribution is 5.92. The second-order valence-corrected chi connectivity index (χ2v) is 5.49. The molecule has 0 aliphatic carbocycles. The van der Waals surface area contributed by atoms with Crippen molar-refractivity contribution in [1.29, 1.82) is 0 Å². The third-order valence-electron chi connectivity index (χ3n) is 3.10. The van der Waals surface area contributed by atoms with E-state index < -0.39 is 11.6 Å². The van der Waals surface area contributed by atoms with Gasteiger partial charge in [-0.1, -0.05) is 13.8 Å². The molecule has 0 saturated carbocycles. The Morgan fingerprint density at radius 1 is 1.17 bits per heavy atom. The molecule has 0 aliphatic heterocycles. The molecule has 23 heavy (non-hydrogen) atoms. The van der Waals surface area contributed by atoms with Crippen molar-refractivity contribution < 1.29 is 13.6 Å². The summed E-state index contributed by atoms with van der Waals surface area (Å²) in [5.41, 5.74) is 0.258. The topological polar surface area (TPSA) is 66.9 Å². The number of carbonyl (C=O) groups excluding carboxylic acids is 1. The molecule has 1 aromatic carbocycles. The minimum Gasteiger partial charge on any atom is -0.351 e. The number of amides is 1. The number of nitrogens with one attached hydrogen (secondary N) is 2. The van der Waals surface area contributed by atoms with Gasteiger partial charge in [0, 0.05) is 12.6 Å². The Balaban J connectivity index is 1.97. The molecule has 7 heteroatoms. The molecule has 5 nitrogen and oxygen atoms in total. The van der Waals surface area contributed by atoms with Gasteiger partial charge >= 0.3 is 0 Å². The van der Waals surface area contributed by atoms with Gasteiger partial charge in [0.15, 0.2) is 11.5 Å². The lowest BCUT2D eigenvalue weighted by Gasteiger charge is -2.08. The number of carbonyl (C=O) groups is 1. The van der Waals surface area contributed by atoms with Crippen molar-refractivity contribution >= 4 is 17.4 Å². The highest BCUT2D eigenvalue weighted by Gasteiger charge is 2.09. The number of benzene rings is 1. The van der Waals surface area contributed by atoms with Gasteiger partial charge in [0.1, 0.15) is 11.6 Å². The number of nitrogens with zero attached hydrogens (tertiary/aromatic N) is 2. The summed E-state index contributed by atoms with van der Waals surface area (Å²) in [5, 5.41) is 13.0. The number of anilines is 2. The largest absolute Gasteiger partial charge is 0.351 e. The Labute approximate surface area is 133 Å². The predicted octanol–water partition coefficient (Wildman–Crippen LogP) is 3.27. The van der Waals surface area contributed by atoms with Crippen molar-refractivity contribution in [3.05, 3.63) is 47.7 Å². The number of hydrogen-bond acceptors (Lipinski definition) is 4. The van der Waals surface area contributed by atoms with Crippen molar-refractivity contribution in [1.82, 2.24) is 15.5 Å². The highest BCUT2D eigenvalue weighted by atomic mass is 19.1. The molecule has 0 bridgehead atoms. The summed E-state index contributed by atoms with van der Waals surface area (Å²) in [6, 6.07) is 6.16. The Hall–Kier alpha value is -2.57. The van der Waals surface area contributed by atoms with Gasteiger partial charge in [-0.25, -0.2) is 8.78 Å². The Bertz CT molecular complexity index is 674. The van der Waals surface area contributed by atoms with Crippen LogP contribution in [0.5, 0.6) is 0 Å². The van der Waals surface area contributed by atoms with Crippen LogP contribution in [-0.4, -0.2) is 22.6 Å². The van der Waals surface area contributed by atoms with E-state index in [-0.39, 0.29) is 23.1 Å². The summed E-state index contributed by atoms with van der Waals surface area (Å²) in [6.45, 7) is 4.71. The van der Waals surface area contributed by atoms with Crippen LogP contribution in [0.15, 0.2) is 30.3 Å². The lowest BCUT2D eigenvalue weighted by molar-refractivity contribution is 0.0946. The van der Waals surface area contributed by atoms with Gasteiger partial charge in [0.2, 0.25) is 0 Å². The molecule has 0 radical (unpaired) electrons. The molecule has 1 amide bonds. The molecule has 0 unspecified atom stereocenters. The molecular weight excluding hydrogens is 302 g/mol. The van der Waals surface area contributed by atoms with Gasteiger partial charge < -0.3 is 10.6 Å². The van der Waals surface area contributed by atoms with Crippen molar-refractivity contribution in [3.63, 3.8) is 0 Å². The summed E-state index contributed by atoms with van der Waals surface area (Å²) in [6.07, 6.45) is 0.878. The zero-order valence-electron chi connectivity index (χ0n) is 12.9. The zero-order valence-corrected chi connectivity index (χ0v) is 12.9. The van der Waals surface area contributed by atoms with Crippen molar-refractivity contribution in [2.75, 3.05) is 11.9 Å². The number of rotatable bonds is 6. The van der Waals surface area contributed by atoms with E-state index in [1.54, 1.807) is 0 Å². The van der Waals surface area contributed by atoms with Crippen LogP contribution in [0, 0.1) is 17.6 Å². The van der Waals surface area contributed by atoms with E-state index in [1.165, 1.54) is 18.2 Å².